The lowest BCUT2D eigenvalue weighted by atomic mass is 10.2. The zero-order valence-electron chi connectivity index (χ0n) is 8.68. The molecule has 0 saturated heterocycles. The summed E-state index contributed by atoms with van der Waals surface area (Å²) in [7, 11) is 0. The Bertz CT molecular complexity index is 488. The predicted octanol–water partition coefficient (Wildman–Crippen LogP) is 1.90. The van der Waals surface area contributed by atoms with Crippen molar-refractivity contribution in [3.8, 4) is 0 Å². The van der Waals surface area contributed by atoms with Crippen LogP contribution in [0.5, 0.6) is 0 Å². The molecule has 2 heterocycles. The summed E-state index contributed by atoms with van der Waals surface area (Å²) in [6.45, 7) is 3.66. The van der Waals surface area contributed by atoms with Gasteiger partial charge in [0.25, 0.3) is 0 Å². The molecule has 0 unspecified atom stereocenters. The van der Waals surface area contributed by atoms with Crippen LogP contribution in [0, 0.1) is 0 Å². The van der Waals surface area contributed by atoms with Crippen molar-refractivity contribution < 1.29 is 9.53 Å². The van der Waals surface area contributed by atoms with Gasteiger partial charge in [0.2, 0.25) is 0 Å². The van der Waals surface area contributed by atoms with E-state index in [-0.39, 0.29) is 12.1 Å². The van der Waals surface area contributed by atoms with E-state index in [1.807, 2.05) is 18.2 Å². The maximum absolute atomic E-state index is 11.6. The Morgan fingerprint density at radius 1 is 1.53 bits per heavy atom. The van der Waals surface area contributed by atoms with Crippen LogP contribution in [0.4, 0.5) is 0 Å². The number of imidazole rings is 1. The molecule has 0 fully saturated rings. The largest absolute Gasteiger partial charge is 0.459 e. The number of hydrogen-bond donors (Lipinski definition) is 0. The number of carbonyl (C=O) groups excluding carboxylic acids is 1. The molecule has 0 aliphatic carbocycles. The Hall–Kier alpha value is -1.84. The van der Waals surface area contributed by atoms with Crippen LogP contribution in [0.2, 0.25) is 0 Å². The summed E-state index contributed by atoms with van der Waals surface area (Å²) in [5.74, 6) is -0.297. The van der Waals surface area contributed by atoms with E-state index in [0.29, 0.717) is 5.56 Å². The van der Waals surface area contributed by atoms with Gasteiger partial charge in [0.15, 0.2) is 0 Å². The Morgan fingerprint density at radius 3 is 3.07 bits per heavy atom. The first-order valence-corrected chi connectivity index (χ1v) is 4.79. The van der Waals surface area contributed by atoms with E-state index in [1.165, 1.54) is 0 Å². The van der Waals surface area contributed by atoms with E-state index >= 15 is 0 Å². The lowest BCUT2D eigenvalue weighted by Crippen LogP contribution is -2.11. The van der Waals surface area contributed by atoms with Gasteiger partial charge in [-0.15, -0.1) is 0 Å². The van der Waals surface area contributed by atoms with Crippen LogP contribution >= 0.6 is 0 Å². The molecule has 2 aromatic rings. The number of fused-ring (bicyclic) bond motifs is 1. The highest BCUT2D eigenvalue weighted by molar-refractivity contribution is 5.90. The third-order valence-electron chi connectivity index (χ3n) is 1.99. The maximum Gasteiger partial charge on any atom is 0.338 e. The van der Waals surface area contributed by atoms with E-state index < -0.39 is 0 Å². The molecule has 15 heavy (non-hydrogen) atoms. The lowest BCUT2D eigenvalue weighted by Gasteiger charge is -2.07. The molecule has 2 rings (SSSR count). The lowest BCUT2D eigenvalue weighted by molar-refractivity contribution is 0.0378. The summed E-state index contributed by atoms with van der Waals surface area (Å²) >= 11 is 0. The van der Waals surface area contributed by atoms with Gasteiger partial charge in [-0.05, 0) is 26.0 Å². The second kappa shape index (κ2) is 3.73. The molecule has 0 saturated carbocycles. The van der Waals surface area contributed by atoms with Gasteiger partial charge in [-0.25, -0.2) is 9.78 Å². The van der Waals surface area contributed by atoms with Crippen LogP contribution in [0.15, 0.2) is 30.9 Å². The minimum absolute atomic E-state index is 0.0985. The molecular formula is C11H12N2O2. The SMILES string of the molecule is CC(C)OC(=O)c1ccn2cncc2c1. The fourth-order valence-corrected chi connectivity index (χ4v) is 1.33. The van der Waals surface area contributed by atoms with Gasteiger partial charge in [0.1, 0.15) is 0 Å². The number of ether oxygens (including phenoxy) is 1. The number of esters is 1. The van der Waals surface area contributed by atoms with Crippen molar-refractivity contribution in [2.24, 2.45) is 0 Å². The number of hydrogen-bond acceptors (Lipinski definition) is 3. The van der Waals surface area contributed by atoms with E-state index in [0.717, 1.165) is 5.52 Å². The first-order chi connectivity index (χ1) is 7.16. The van der Waals surface area contributed by atoms with Crippen molar-refractivity contribution in [2.45, 2.75) is 20.0 Å². The Labute approximate surface area is 87.5 Å². The summed E-state index contributed by atoms with van der Waals surface area (Å²) < 4.78 is 6.93. The van der Waals surface area contributed by atoms with Crippen molar-refractivity contribution in [2.75, 3.05) is 0 Å². The molecule has 4 nitrogen and oxygen atoms in total. The molecule has 0 radical (unpaired) electrons. The standard InChI is InChI=1S/C11H12N2O2/c1-8(2)15-11(14)9-3-4-13-7-12-6-10(13)5-9/h3-8H,1-2H3. The van der Waals surface area contributed by atoms with Gasteiger partial charge < -0.3 is 9.14 Å². The minimum atomic E-state index is -0.297. The van der Waals surface area contributed by atoms with Gasteiger partial charge >= 0.3 is 5.97 Å². The van der Waals surface area contributed by atoms with E-state index in [4.69, 9.17) is 4.74 Å². The van der Waals surface area contributed by atoms with Gasteiger partial charge in [0, 0.05) is 6.20 Å². The van der Waals surface area contributed by atoms with Crippen LogP contribution in [-0.4, -0.2) is 21.5 Å². The third kappa shape index (κ3) is 1.98. The number of carbonyl (C=O) groups is 1. The zero-order chi connectivity index (χ0) is 10.8. The normalized spacial score (nSPS) is 10.9. The number of rotatable bonds is 2. The van der Waals surface area contributed by atoms with Crippen LogP contribution in [0.25, 0.3) is 5.52 Å². The Balaban J connectivity index is 2.31. The second-order valence-corrected chi connectivity index (χ2v) is 3.60. The van der Waals surface area contributed by atoms with Crippen LogP contribution in [0.3, 0.4) is 0 Å². The monoisotopic (exact) mass is 204 g/mol. The van der Waals surface area contributed by atoms with Crippen LogP contribution in [0.1, 0.15) is 24.2 Å². The highest BCUT2D eigenvalue weighted by Gasteiger charge is 2.09. The van der Waals surface area contributed by atoms with Crippen LogP contribution in [-0.2, 0) is 4.74 Å². The maximum atomic E-state index is 11.6. The molecule has 0 spiro atoms. The van der Waals surface area contributed by atoms with Crippen LogP contribution < -0.4 is 0 Å². The summed E-state index contributed by atoms with van der Waals surface area (Å²) in [5, 5.41) is 0. The van der Waals surface area contributed by atoms with Crippen molar-refractivity contribution in [3.63, 3.8) is 0 Å². The molecule has 4 heteroatoms. The molecule has 0 aromatic carbocycles. The number of aromatic nitrogens is 2. The van der Waals surface area contributed by atoms with Crippen molar-refractivity contribution in [3.05, 3.63) is 36.4 Å². The fraction of sp³-hybridized carbons (Fsp3) is 0.273. The summed E-state index contributed by atoms with van der Waals surface area (Å²) in [4.78, 5) is 15.5. The van der Waals surface area contributed by atoms with Gasteiger partial charge in [-0.1, -0.05) is 0 Å². The quantitative estimate of drug-likeness (QED) is 0.702. The molecule has 0 amide bonds. The molecule has 2 aromatic heterocycles. The van der Waals surface area contributed by atoms with E-state index in [1.54, 1.807) is 30.9 Å². The molecule has 0 bridgehead atoms. The van der Waals surface area contributed by atoms with Gasteiger partial charge in [-0.3, -0.25) is 0 Å². The van der Waals surface area contributed by atoms with Crippen molar-refractivity contribution in [1.29, 1.82) is 0 Å². The van der Waals surface area contributed by atoms with Crippen molar-refractivity contribution in [1.82, 2.24) is 9.38 Å². The highest BCUT2D eigenvalue weighted by Crippen LogP contribution is 2.08. The predicted molar refractivity (Wildman–Crippen MR) is 55.7 cm³/mol. The fourth-order valence-electron chi connectivity index (χ4n) is 1.33. The molecule has 0 atom stereocenters. The molecule has 0 aliphatic heterocycles. The van der Waals surface area contributed by atoms with Gasteiger partial charge in [-0.2, -0.15) is 0 Å². The molecule has 78 valence electrons. The number of nitrogens with zero attached hydrogens (tertiary/aromatic N) is 2. The smallest absolute Gasteiger partial charge is 0.338 e. The highest BCUT2D eigenvalue weighted by atomic mass is 16.5. The minimum Gasteiger partial charge on any atom is -0.459 e. The molecule has 0 N–H and O–H groups in total. The molecule has 0 aliphatic rings. The second-order valence-electron chi connectivity index (χ2n) is 3.60. The number of pyridine rings is 1. The van der Waals surface area contributed by atoms with Gasteiger partial charge in [0.05, 0.1) is 29.7 Å². The average Bonchev–Trinajstić information content (AvgIpc) is 2.62. The first-order valence-electron chi connectivity index (χ1n) is 4.79. The van der Waals surface area contributed by atoms with Crippen molar-refractivity contribution >= 4 is 11.5 Å². The Kier molecular flexibility index (Phi) is 2.41. The third-order valence-corrected chi connectivity index (χ3v) is 1.99. The van der Waals surface area contributed by atoms with E-state index in [9.17, 15) is 4.79 Å². The topological polar surface area (TPSA) is 43.6 Å². The molecular weight excluding hydrogens is 192 g/mol. The Morgan fingerprint density at radius 2 is 2.33 bits per heavy atom. The first kappa shape index (κ1) is 9.71. The summed E-state index contributed by atoms with van der Waals surface area (Å²) in [5.41, 5.74) is 1.44. The van der Waals surface area contributed by atoms with E-state index in [2.05, 4.69) is 4.98 Å². The zero-order valence-corrected chi connectivity index (χ0v) is 8.68. The summed E-state index contributed by atoms with van der Waals surface area (Å²) in [6.07, 6.45) is 5.08. The summed E-state index contributed by atoms with van der Waals surface area (Å²) in [6, 6.07) is 3.48. The average molecular weight is 204 g/mol.